The first-order valence-electron chi connectivity index (χ1n) is 6.32. The molecule has 0 aliphatic heterocycles. The van der Waals surface area contributed by atoms with Gasteiger partial charge in [0.1, 0.15) is 0 Å². The molecule has 0 aromatic rings. The van der Waals surface area contributed by atoms with Gasteiger partial charge in [-0.3, -0.25) is 4.48 Å². The Balaban J connectivity index is 3.06. The maximum absolute atomic E-state index is 11.6. The van der Waals surface area contributed by atoms with Crippen LogP contribution in [0.15, 0.2) is 23.8 Å². The van der Waals surface area contributed by atoms with Crippen molar-refractivity contribution in [3.8, 4) is 0 Å². The van der Waals surface area contributed by atoms with Crippen molar-refractivity contribution in [1.29, 1.82) is 0 Å². The first kappa shape index (κ1) is 14.8. The molecule has 4 nitrogen and oxygen atoms in total. The van der Waals surface area contributed by atoms with E-state index in [9.17, 15) is 4.79 Å². The van der Waals surface area contributed by atoms with E-state index in [2.05, 4.69) is 25.2 Å². The number of hydrogen-bond donors (Lipinski definition) is 1. The first-order chi connectivity index (χ1) is 8.22. The summed E-state index contributed by atoms with van der Waals surface area (Å²) >= 11 is 0. The molecule has 0 radical (unpaired) electrons. The van der Waals surface area contributed by atoms with Gasteiger partial charge in [0.25, 0.3) is 5.72 Å². The van der Waals surface area contributed by atoms with E-state index in [1.54, 1.807) is 7.05 Å². The zero-order chi connectivity index (χ0) is 14.0. The quantitative estimate of drug-likeness (QED) is 0.619. The lowest BCUT2D eigenvalue weighted by Crippen LogP contribution is -2.59. The molecule has 0 fully saturated rings. The standard InChI is InChI=1S/C14H24N2O2/c1-11(2)12-8-7-9-14(10-12,16(4,5)6)18-13(17)15-3/h7-9,11H,10H2,1-6H3/p+1. The van der Waals surface area contributed by atoms with Crippen LogP contribution in [0.5, 0.6) is 0 Å². The fourth-order valence-electron chi connectivity index (χ4n) is 2.01. The maximum atomic E-state index is 11.6. The Morgan fingerprint density at radius 1 is 1.44 bits per heavy atom. The Hall–Kier alpha value is -1.29. The summed E-state index contributed by atoms with van der Waals surface area (Å²) in [5.74, 6) is 0.453. The Morgan fingerprint density at radius 2 is 2.06 bits per heavy atom. The highest BCUT2D eigenvalue weighted by Gasteiger charge is 2.46. The fraction of sp³-hybridized carbons (Fsp3) is 0.643. The number of nitrogens with zero attached hydrogens (tertiary/aromatic N) is 1. The Kier molecular flexibility index (Phi) is 4.22. The monoisotopic (exact) mass is 253 g/mol. The van der Waals surface area contributed by atoms with Crippen LogP contribution in [0.2, 0.25) is 0 Å². The molecule has 0 aromatic heterocycles. The van der Waals surface area contributed by atoms with Crippen LogP contribution >= 0.6 is 0 Å². The predicted octanol–water partition coefficient (Wildman–Crippen LogP) is 2.29. The van der Waals surface area contributed by atoms with Crippen molar-refractivity contribution in [2.45, 2.75) is 26.0 Å². The summed E-state index contributed by atoms with van der Waals surface area (Å²) in [5.41, 5.74) is 0.670. The van der Waals surface area contributed by atoms with Gasteiger partial charge in [0, 0.05) is 13.1 Å². The van der Waals surface area contributed by atoms with Gasteiger partial charge in [-0.15, -0.1) is 0 Å². The van der Waals surface area contributed by atoms with Crippen molar-refractivity contribution in [2.75, 3.05) is 28.2 Å². The van der Waals surface area contributed by atoms with Crippen molar-refractivity contribution < 1.29 is 14.0 Å². The third kappa shape index (κ3) is 2.93. The third-order valence-electron chi connectivity index (χ3n) is 3.48. The number of alkyl carbamates (subject to hydrolysis) is 1. The fourth-order valence-corrected chi connectivity index (χ4v) is 2.01. The minimum absolute atomic E-state index is 0.391. The lowest BCUT2D eigenvalue weighted by Gasteiger charge is -2.44. The number of carbonyl (C=O) groups is 1. The first-order valence-corrected chi connectivity index (χ1v) is 6.32. The maximum Gasteiger partial charge on any atom is 0.411 e. The number of amides is 1. The van der Waals surface area contributed by atoms with Crippen molar-refractivity contribution in [2.24, 2.45) is 5.92 Å². The number of hydrogen-bond acceptors (Lipinski definition) is 2. The Labute approximate surface area is 110 Å². The molecule has 4 heteroatoms. The molecule has 0 heterocycles. The molecule has 0 bridgehead atoms. The van der Waals surface area contributed by atoms with E-state index >= 15 is 0 Å². The number of ether oxygens (including phenoxy) is 1. The molecule has 1 rings (SSSR count). The van der Waals surface area contributed by atoms with E-state index in [1.807, 2.05) is 33.3 Å². The SMILES string of the molecule is CNC(=O)OC1([N+](C)(C)C)C=CC=C(C(C)C)C1. The van der Waals surface area contributed by atoms with Gasteiger partial charge in [-0.1, -0.05) is 31.6 Å². The van der Waals surface area contributed by atoms with Crippen LogP contribution in [0, 0.1) is 5.92 Å². The van der Waals surface area contributed by atoms with E-state index in [0.29, 0.717) is 10.4 Å². The third-order valence-corrected chi connectivity index (χ3v) is 3.48. The van der Waals surface area contributed by atoms with E-state index in [0.717, 1.165) is 6.42 Å². The van der Waals surface area contributed by atoms with Crippen molar-refractivity contribution in [3.05, 3.63) is 23.8 Å². The summed E-state index contributed by atoms with van der Waals surface area (Å²) in [4.78, 5) is 11.6. The van der Waals surface area contributed by atoms with Crippen LogP contribution in [-0.2, 0) is 4.74 Å². The minimum atomic E-state index is -0.631. The molecule has 1 aliphatic carbocycles. The summed E-state index contributed by atoms with van der Waals surface area (Å²) in [7, 11) is 7.70. The lowest BCUT2D eigenvalue weighted by molar-refractivity contribution is -0.939. The molecular weight excluding hydrogens is 228 g/mol. The summed E-state index contributed by atoms with van der Waals surface area (Å²) in [6, 6.07) is 0. The van der Waals surface area contributed by atoms with Crippen molar-refractivity contribution >= 4 is 6.09 Å². The Bertz CT molecular complexity index is 378. The molecule has 0 spiro atoms. The predicted molar refractivity (Wildman–Crippen MR) is 73.0 cm³/mol. The number of quaternary nitrogens is 1. The van der Waals surface area contributed by atoms with Crippen LogP contribution in [-0.4, -0.2) is 44.5 Å². The summed E-state index contributed by atoms with van der Waals surface area (Å²) in [6.45, 7) is 4.32. The minimum Gasteiger partial charge on any atom is -0.389 e. The molecule has 0 saturated carbocycles. The molecule has 0 aromatic carbocycles. The zero-order valence-corrected chi connectivity index (χ0v) is 12.3. The van der Waals surface area contributed by atoms with Crippen LogP contribution in [0.4, 0.5) is 4.79 Å². The van der Waals surface area contributed by atoms with Gasteiger partial charge in [0.2, 0.25) is 0 Å². The van der Waals surface area contributed by atoms with Crippen LogP contribution in [0.3, 0.4) is 0 Å². The van der Waals surface area contributed by atoms with Gasteiger partial charge in [-0.2, -0.15) is 0 Å². The van der Waals surface area contributed by atoms with Crippen LogP contribution in [0.1, 0.15) is 20.3 Å². The molecule has 1 atom stereocenters. The lowest BCUT2D eigenvalue weighted by atomic mass is 9.88. The average Bonchev–Trinajstić information content (AvgIpc) is 2.27. The molecule has 1 amide bonds. The van der Waals surface area contributed by atoms with Gasteiger partial charge in [-0.25, -0.2) is 4.79 Å². The topological polar surface area (TPSA) is 38.3 Å². The molecular formula is C14H25N2O2+. The van der Waals surface area contributed by atoms with Crippen LogP contribution in [0.25, 0.3) is 0 Å². The van der Waals surface area contributed by atoms with Gasteiger partial charge in [0.15, 0.2) is 0 Å². The molecule has 1 unspecified atom stereocenters. The highest BCUT2D eigenvalue weighted by molar-refractivity contribution is 5.67. The normalized spacial score (nSPS) is 23.8. The number of carbonyl (C=O) groups excluding carboxylic acids is 1. The van der Waals surface area contributed by atoms with E-state index in [1.165, 1.54) is 5.57 Å². The number of allylic oxidation sites excluding steroid dienone is 2. The average molecular weight is 253 g/mol. The zero-order valence-electron chi connectivity index (χ0n) is 12.3. The van der Waals surface area contributed by atoms with Gasteiger partial charge in [0.05, 0.1) is 27.6 Å². The van der Waals surface area contributed by atoms with Crippen molar-refractivity contribution in [1.82, 2.24) is 5.32 Å². The highest BCUT2D eigenvalue weighted by atomic mass is 16.6. The largest absolute Gasteiger partial charge is 0.411 e. The second-order valence-electron chi connectivity index (χ2n) is 5.93. The number of likely N-dealkylation sites (N-methyl/N-ethyl adjacent to an activating group) is 1. The molecule has 0 saturated heterocycles. The van der Waals surface area contributed by atoms with Crippen LogP contribution < -0.4 is 5.32 Å². The molecule has 1 N–H and O–H groups in total. The number of nitrogens with one attached hydrogen (secondary N) is 1. The van der Waals surface area contributed by atoms with Gasteiger partial charge < -0.3 is 10.1 Å². The smallest absolute Gasteiger partial charge is 0.389 e. The molecule has 1 aliphatic rings. The summed E-state index contributed by atoms with van der Waals surface area (Å²) in [6.07, 6.45) is 6.43. The van der Waals surface area contributed by atoms with Crippen molar-refractivity contribution in [3.63, 3.8) is 0 Å². The van der Waals surface area contributed by atoms with E-state index in [4.69, 9.17) is 4.74 Å². The second kappa shape index (κ2) is 5.14. The van der Waals surface area contributed by atoms with E-state index in [-0.39, 0.29) is 0 Å². The molecule has 18 heavy (non-hydrogen) atoms. The van der Waals surface area contributed by atoms with Gasteiger partial charge >= 0.3 is 6.09 Å². The molecule has 102 valence electrons. The Morgan fingerprint density at radius 3 is 2.50 bits per heavy atom. The number of rotatable bonds is 3. The summed E-state index contributed by atoms with van der Waals surface area (Å²) < 4.78 is 6.21. The highest BCUT2D eigenvalue weighted by Crippen LogP contribution is 2.35. The van der Waals surface area contributed by atoms with E-state index < -0.39 is 11.8 Å². The second-order valence-corrected chi connectivity index (χ2v) is 5.93. The summed E-state index contributed by atoms with van der Waals surface area (Å²) in [5, 5.41) is 2.53. The van der Waals surface area contributed by atoms with Gasteiger partial charge in [-0.05, 0) is 5.92 Å².